The van der Waals surface area contributed by atoms with Crippen LogP contribution < -0.4 is 10.6 Å². The summed E-state index contributed by atoms with van der Waals surface area (Å²) >= 11 is 0.804. The van der Waals surface area contributed by atoms with Crippen LogP contribution in [-0.2, 0) is 11.8 Å². The Morgan fingerprint density at radius 3 is 1.77 bits per heavy atom. The maximum absolute atomic E-state index is 14.9. The Morgan fingerprint density at radius 1 is 0.705 bits per heavy atom. The fraction of sp³-hybridized carbons (Fsp3) is 0.192. The smallest absolute Gasteiger partial charge is 0.322 e. The Balaban J connectivity index is 2.03. The molecule has 0 aliphatic rings. The van der Waals surface area contributed by atoms with Crippen LogP contribution in [-0.4, -0.2) is 30.1 Å². The number of nitrogens with one attached hydrogen (secondary N) is 2. The van der Waals surface area contributed by atoms with E-state index >= 15 is 0 Å². The number of nitriles is 1. The van der Waals surface area contributed by atoms with Gasteiger partial charge in [-0.2, -0.15) is 53.6 Å². The van der Waals surface area contributed by atoms with Gasteiger partial charge in [0, 0.05) is 25.9 Å². The molecule has 0 bridgehead atoms. The normalized spacial score (nSPS) is 13.9. The van der Waals surface area contributed by atoms with Crippen LogP contribution in [0.1, 0.15) is 37.4 Å². The summed E-state index contributed by atoms with van der Waals surface area (Å²) in [4.78, 5) is 25.3. The van der Waals surface area contributed by atoms with Crippen LogP contribution in [0.25, 0.3) is 0 Å². The SMILES string of the molecule is N#Cc1ccc(C(=O)Nc2cccc(C(=O)Nc3c(I)cc(C(F)(C(F)(F)F)C(F)(F)C(F)(F)F)cc3C(F)(F)F)c2)cc1. The average molecular weight is 753 g/mol. The molecule has 1 atom stereocenters. The third-order valence-electron chi connectivity index (χ3n) is 5.87. The van der Waals surface area contributed by atoms with Gasteiger partial charge in [-0.1, -0.05) is 6.07 Å². The second-order valence-corrected chi connectivity index (χ2v) is 9.95. The van der Waals surface area contributed by atoms with Crippen LogP contribution >= 0.6 is 22.6 Å². The highest BCUT2D eigenvalue weighted by molar-refractivity contribution is 14.1. The number of amides is 2. The van der Waals surface area contributed by atoms with Gasteiger partial charge in [0.1, 0.15) is 0 Å². The number of nitrogens with zero attached hydrogens (tertiary/aromatic N) is 1. The Labute approximate surface area is 252 Å². The van der Waals surface area contributed by atoms with E-state index in [-0.39, 0.29) is 22.9 Å². The largest absolute Gasteiger partial charge is 0.457 e. The fourth-order valence-electron chi connectivity index (χ4n) is 3.70. The average Bonchev–Trinajstić information content (AvgIpc) is 2.91. The van der Waals surface area contributed by atoms with Crippen molar-refractivity contribution in [1.82, 2.24) is 0 Å². The number of hydrogen-bond donors (Lipinski definition) is 2. The molecule has 1 unspecified atom stereocenters. The lowest BCUT2D eigenvalue weighted by molar-refractivity contribution is -0.389. The molecule has 3 aromatic rings. The summed E-state index contributed by atoms with van der Waals surface area (Å²) in [6.07, 6.45) is -20.0. The van der Waals surface area contributed by atoms with Crippen LogP contribution in [0.3, 0.4) is 0 Å². The summed E-state index contributed by atoms with van der Waals surface area (Å²) in [7, 11) is 0. The number of hydrogen-bond acceptors (Lipinski definition) is 3. The van der Waals surface area contributed by atoms with Gasteiger partial charge < -0.3 is 10.6 Å². The highest BCUT2D eigenvalue weighted by Crippen LogP contribution is 2.59. The van der Waals surface area contributed by atoms with Gasteiger partial charge in [-0.15, -0.1) is 0 Å². The zero-order valence-electron chi connectivity index (χ0n) is 21.0. The highest BCUT2D eigenvalue weighted by atomic mass is 127. The summed E-state index contributed by atoms with van der Waals surface area (Å²) in [5.74, 6) is -9.34. The lowest BCUT2D eigenvalue weighted by Gasteiger charge is -2.36. The van der Waals surface area contributed by atoms with Crippen molar-refractivity contribution < 1.29 is 62.3 Å². The van der Waals surface area contributed by atoms with Gasteiger partial charge in [0.05, 0.1) is 22.9 Å². The lowest BCUT2D eigenvalue weighted by Crippen LogP contribution is -2.59. The van der Waals surface area contributed by atoms with E-state index in [9.17, 15) is 62.3 Å². The fourth-order valence-corrected chi connectivity index (χ4v) is 4.46. The van der Waals surface area contributed by atoms with E-state index in [0.717, 1.165) is 34.7 Å². The monoisotopic (exact) mass is 753 g/mol. The molecule has 2 N–H and O–H groups in total. The van der Waals surface area contributed by atoms with Gasteiger partial charge in [0.25, 0.3) is 11.8 Å². The second kappa shape index (κ2) is 11.8. The molecule has 3 rings (SSSR count). The molecule has 3 aromatic carbocycles. The number of alkyl halides is 12. The number of rotatable bonds is 6. The Bertz CT molecular complexity index is 1630. The van der Waals surface area contributed by atoms with Crippen LogP contribution in [0.2, 0.25) is 0 Å². The zero-order valence-corrected chi connectivity index (χ0v) is 23.1. The summed E-state index contributed by atoms with van der Waals surface area (Å²) < 4.78 is 162. The molecule has 0 spiro atoms. The maximum atomic E-state index is 14.9. The van der Waals surface area contributed by atoms with Gasteiger partial charge in [-0.05, 0) is 77.2 Å². The molecule has 0 aliphatic carbocycles. The molecule has 0 saturated carbocycles. The molecule has 0 aromatic heterocycles. The molecule has 0 aliphatic heterocycles. The number of halogens is 13. The second-order valence-electron chi connectivity index (χ2n) is 8.78. The van der Waals surface area contributed by atoms with Crippen LogP contribution in [0, 0.1) is 14.9 Å². The molecule has 18 heteroatoms. The summed E-state index contributed by atoms with van der Waals surface area (Å²) in [5.41, 5.74) is -13.3. The van der Waals surface area contributed by atoms with E-state index in [1.165, 1.54) is 36.4 Å². The first kappa shape index (κ1) is 34.5. The lowest BCUT2D eigenvalue weighted by atomic mass is 9.86. The maximum Gasteiger partial charge on any atom is 0.457 e. The Morgan fingerprint density at radius 2 is 1.27 bits per heavy atom. The van der Waals surface area contributed by atoms with Crippen molar-refractivity contribution in [2.75, 3.05) is 10.6 Å². The first-order valence-electron chi connectivity index (χ1n) is 11.4. The predicted molar refractivity (Wildman–Crippen MR) is 138 cm³/mol. The number of carbonyl (C=O) groups is 2. The van der Waals surface area contributed by atoms with Gasteiger partial charge in [-0.25, -0.2) is 4.39 Å². The summed E-state index contributed by atoms with van der Waals surface area (Å²) in [6, 6.07) is 10.3. The molecule has 0 radical (unpaired) electrons. The molecule has 0 fully saturated rings. The highest BCUT2D eigenvalue weighted by Gasteiger charge is 2.82. The van der Waals surface area contributed by atoms with E-state index in [2.05, 4.69) is 5.32 Å². The zero-order chi connectivity index (χ0) is 33.5. The minimum absolute atomic E-state index is 0.0715. The third kappa shape index (κ3) is 6.56. The molecule has 0 heterocycles. The molecule has 234 valence electrons. The molecule has 0 saturated heterocycles. The third-order valence-corrected chi connectivity index (χ3v) is 6.72. The molecular formula is C26H12F12IN3O2. The van der Waals surface area contributed by atoms with Crippen molar-refractivity contribution in [1.29, 1.82) is 5.26 Å². The van der Waals surface area contributed by atoms with Crippen LogP contribution in [0.15, 0.2) is 60.7 Å². The summed E-state index contributed by atoms with van der Waals surface area (Å²) in [6.45, 7) is 0. The van der Waals surface area contributed by atoms with Gasteiger partial charge in [-0.3, -0.25) is 9.59 Å². The van der Waals surface area contributed by atoms with Crippen LogP contribution in [0.5, 0.6) is 0 Å². The summed E-state index contributed by atoms with van der Waals surface area (Å²) in [5, 5.41) is 12.9. The number of carbonyl (C=O) groups excluding carboxylic acids is 2. The topological polar surface area (TPSA) is 82.0 Å². The first-order valence-corrected chi connectivity index (χ1v) is 12.5. The molecular weight excluding hydrogens is 741 g/mol. The molecule has 5 nitrogen and oxygen atoms in total. The van der Waals surface area contributed by atoms with Crippen molar-refractivity contribution in [2.24, 2.45) is 0 Å². The number of anilines is 2. The van der Waals surface area contributed by atoms with E-state index < -0.39 is 73.9 Å². The van der Waals surface area contributed by atoms with E-state index in [0.29, 0.717) is 0 Å². The van der Waals surface area contributed by atoms with Gasteiger partial charge in [0.15, 0.2) is 0 Å². The van der Waals surface area contributed by atoms with Crippen molar-refractivity contribution in [3.05, 3.63) is 92.1 Å². The van der Waals surface area contributed by atoms with Crippen molar-refractivity contribution >= 4 is 45.8 Å². The van der Waals surface area contributed by atoms with Crippen molar-refractivity contribution in [3.8, 4) is 6.07 Å². The van der Waals surface area contributed by atoms with Crippen molar-refractivity contribution in [2.45, 2.75) is 30.1 Å². The van der Waals surface area contributed by atoms with Gasteiger partial charge >= 0.3 is 30.1 Å². The van der Waals surface area contributed by atoms with Crippen molar-refractivity contribution in [3.63, 3.8) is 0 Å². The first-order chi connectivity index (χ1) is 20.0. The van der Waals surface area contributed by atoms with Crippen LogP contribution in [0.4, 0.5) is 64.1 Å². The minimum atomic E-state index is -7.22. The van der Waals surface area contributed by atoms with E-state index in [1.807, 2.05) is 6.07 Å². The quantitative estimate of drug-likeness (QED) is 0.196. The molecule has 2 amide bonds. The Hall–Kier alpha value is -4.02. The number of benzene rings is 3. The van der Waals surface area contributed by atoms with Gasteiger partial charge in [0.2, 0.25) is 0 Å². The minimum Gasteiger partial charge on any atom is -0.322 e. The van der Waals surface area contributed by atoms with E-state index in [4.69, 9.17) is 5.26 Å². The van der Waals surface area contributed by atoms with E-state index in [1.54, 1.807) is 5.32 Å². The standard InChI is InChI=1S/C26H12F12IN3O2/c27-22(25(33,34)35,24(31,32)26(36,37)38)15-9-17(23(28,29)30)19(18(39)10-15)42-21(44)14-2-1-3-16(8-14)41-20(43)13-6-4-12(11-40)5-7-13/h1-10H,(H,41,43)(H,42,44). The predicted octanol–water partition coefficient (Wildman–Crippen LogP) is 8.61. The Kier molecular flexibility index (Phi) is 9.26. The molecule has 44 heavy (non-hydrogen) atoms.